The third kappa shape index (κ3) is 1.41. The average Bonchev–Trinajstić information content (AvgIpc) is 2.07. The van der Waals surface area contributed by atoms with Crippen molar-refractivity contribution in [1.82, 2.24) is 5.32 Å². The van der Waals surface area contributed by atoms with Gasteiger partial charge in [0, 0.05) is 4.47 Å². The SMILES string of the molecule is CNC1(c2ccccc2Br)COC1. The van der Waals surface area contributed by atoms with Gasteiger partial charge >= 0.3 is 0 Å². The Bertz CT molecular complexity index is 304. The van der Waals surface area contributed by atoms with Crippen LogP contribution >= 0.6 is 15.9 Å². The van der Waals surface area contributed by atoms with Crippen LogP contribution in [-0.2, 0) is 10.3 Å². The minimum absolute atomic E-state index is 0.0279. The van der Waals surface area contributed by atoms with Crippen molar-refractivity contribution >= 4 is 15.9 Å². The van der Waals surface area contributed by atoms with Crippen molar-refractivity contribution in [3.63, 3.8) is 0 Å². The number of hydrogen-bond donors (Lipinski definition) is 1. The first kappa shape index (κ1) is 9.19. The predicted molar refractivity (Wildman–Crippen MR) is 55.7 cm³/mol. The first-order valence-electron chi connectivity index (χ1n) is 4.30. The van der Waals surface area contributed by atoms with E-state index in [1.807, 2.05) is 13.1 Å². The van der Waals surface area contributed by atoms with Crippen LogP contribution < -0.4 is 5.32 Å². The fraction of sp³-hybridized carbons (Fsp3) is 0.400. The first-order chi connectivity index (χ1) is 6.28. The molecule has 0 radical (unpaired) electrons. The second-order valence-corrected chi connectivity index (χ2v) is 4.16. The summed E-state index contributed by atoms with van der Waals surface area (Å²) in [6.07, 6.45) is 0. The zero-order valence-corrected chi connectivity index (χ0v) is 9.10. The quantitative estimate of drug-likeness (QED) is 0.855. The molecule has 13 heavy (non-hydrogen) atoms. The number of rotatable bonds is 2. The summed E-state index contributed by atoms with van der Waals surface area (Å²) in [6, 6.07) is 8.27. The molecule has 0 amide bonds. The highest BCUT2D eigenvalue weighted by Gasteiger charge is 2.39. The molecule has 70 valence electrons. The average molecular weight is 242 g/mol. The van der Waals surface area contributed by atoms with Crippen LogP contribution in [0.25, 0.3) is 0 Å². The van der Waals surface area contributed by atoms with E-state index >= 15 is 0 Å². The van der Waals surface area contributed by atoms with Crippen molar-refractivity contribution in [2.24, 2.45) is 0 Å². The molecule has 0 aromatic heterocycles. The number of likely N-dealkylation sites (N-methyl/N-ethyl adjacent to an activating group) is 1. The van der Waals surface area contributed by atoms with Crippen molar-refractivity contribution in [3.05, 3.63) is 34.3 Å². The number of nitrogens with one attached hydrogen (secondary N) is 1. The lowest BCUT2D eigenvalue weighted by Gasteiger charge is -2.42. The van der Waals surface area contributed by atoms with E-state index in [1.54, 1.807) is 0 Å². The van der Waals surface area contributed by atoms with Crippen LogP contribution in [0.1, 0.15) is 5.56 Å². The lowest BCUT2D eigenvalue weighted by molar-refractivity contribution is -0.0751. The maximum atomic E-state index is 5.26. The maximum absolute atomic E-state index is 5.26. The van der Waals surface area contributed by atoms with Gasteiger partial charge in [-0.3, -0.25) is 0 Å². The van der Waals surface area contributed by atoms with E-state index in [0.29, 0.717) is 0 Å². The first-order valence-corrected chi connectivity index (χ1v) is 5.09. The van der Waals surface area contributed by atoms with Gasteiger partial charge in [-0.05, 0) is 18.7 Å². The van der Waals surface area contributed by atoms with Crippen LogP contribution in [-0.4, -0.2) is 20.3 Å². The van der Waals surface area contributed by atoms with Gasteiger partial charge in [0.25, 0.3) is 0 Å². The lowest BCUT2D eigenvalue weighted by atomic mass is 9.88. The van der Waals surface area contributed by atoms with Gasteiger partial charge in [-0.15, -0.1) is 0 Å². The summed E-state index contributed by atoms with van der Waals surface area (Å²) in [5.74, 6) is 0. The van der Waals surface area contributed by atoms with Crippen molar-refractivity contribution in [2.45, 2.75) is 5.54 Å². The Morgan fingerprint density at radius 1 is 1.38 bits per heavy atom. The number of ether oxygens (including phenoxy) is 1. The third-order valence-corrected chi connectivity index (χ3v) is 3.26. The highest BCUT2D eigenvalue weighted by Crippen LogP contribution is 2.33. The molecule has 2 nitrogen and oxygen atoms in total. The Labute approximate surface area is 86.4 Å². The molecule has 1 aliphatic heterocycles. The Balaban J connectivity index is 2.38. The van der Waals surface area contributed by atoms with Crippen LogP contribution in [0.3, 0.4) is 0 Å². The monoisotopic (exact) mass is 241 g/mol. The van der Waals surface area contributed by atoms with Gasteiger partial charge in [0.05, 0.1) is 18.8 Å². The maximum Gasteiger partial charge on any atom is 0.0917 e. The van der Waals surface area contributed by atoms with Crippen molar-refractivity contribution in [3.8, 4) is 0 Å². The number of hydrogen-bond acceptors (Lipinski definition) is 2. The summed E-state index contributed by atoms with van der Waals surface area (Å²) >= 11 is 3.55. The van der Waals surface area contributed by atoms with Gasteiger partial charge in [0.15, 0.2) is 0 Å². The zero-order valence-electron chi connectivity index (χ0n) is 7.51. The molecular weight excluding hydrogens is 230 g/mol. The largest absolute Gasteiger partial charge is 0.377 e. The van der Waals surface area contributed by atoms with Crippen molar-refractivity contribution in [1.29, 1.82) is 0 Å². The molecule has 1 fully saturated rings. The van der Waals surface area contributed by atoms with E-state index in [-0.39, 0.29) is 5.54 Å². The van der Waals surface area contributed by atoms with Crippen molar-refractivity contribution in [2.75, 3.05) is 20.3 Å². The molecule has 0 bridgehead atoms. The van der Waals surface area contributed by atoms with Crippen LogP contribution in [0.5, 0.6) is 0 Å². The van der Waals surface area contributed by atoms with Crippen LogP contribution in [0, 0.1) is 0 Å². The Hall–Kier alpha value is -0.380. The molecule has 2 rings (SSSR count). The van der Waals surface area contributed by atoms with E-state index in [1.165, 1.54) is 5.56 Å². The molecule has 1 aliphatic rings. The van der Waals surface area contributed by atoms with E-state index in [2.05, 4.69) is 39.4 Å². The molecule has 0 unspecified atom stereocenters. The lowest BCUT2D eigenvalue weighted by Crippen LogP contribution is -2.56. The molecule has 1 aromatic rings. The molecule has 0 spiro atoms. The van der Waals surface area contributed by atoms with Crippen molar-refractivity contribution < 1.29 is 4.74 Å². The minimum Gasteiger partial charge on any atom is -0.377 e. The second-order valence-electron chi connectivity index (χ2n) is 3.30. The van der Waals surface area contributed by atoms with E-state index in [4.69, 9.17) is 4.74 Å². The molecule has 0 saturated carbocycles. The van der Waals surface area contributed by atoms with Gasteiger partial charge in [0.2, 0.25) is 0 Å². The molecule has 1 heterocycles. The summed E-state index contributed by atoms with van der Waals surface area (Å²) in [5.41, 5.74) is 1.31. The standard InChI is InChI=1S/C10H12BrNO/c1-12-10(6-13-7-10)8-4-2-3-5-9(8)11/h2-5,12H,6-7H2,1H3. The fourth-order valence-electron chi connectivity index (χ4n) is 1.59. The van der Waals surface area contributed by atoms with E-state index in [9.17, 15) is 0 Å². The number of benzene rings is 1. The fourth-order valence-corrected chi connectivity index (χ4v) is 2.25. The Morgan fingerprint density at radius 2 is 2.08 bits per heavy atom. The molecule has 1 saturated heterocycles. The normalized spacial score (nSPS) is 19.5. The smallest absolute Gasteiger partial charge is 0.0917 e. The summed E-state index contributed by atoms with van der Waals surface area (Å²) in [7, 11) is 1.97. The topological polar surface area (TPSA) is 21.3 Å². The minimum atomic E-state index is 0.0279. The zero-order chi connectivity index (χ0) is 9.31. The molecule has 1 aromatic carbocycles. The molecule has 3 heteroatoms. The van der Waals surface area contributed by atoms with Gasteiger partial charge in [-0.2, -0.15) is 0 Å². The highest BCUT2D eigenvalue weighted by atomic mass is 79.9. The number of halogens is 1. The van der Waals surface area contributed by atoms with Gasteiger partial charge in [-0.1, -0.05) is 34.1 Å². The van der Waals surface area contributed by atoms with Gasteiger partial charge in [-0.25, -0.2) is 0 Å². The summed E-state index contributed by atoms with van der Waals surface area (Å²) in [4.78, 5) is 0. The molecule has 1 N–H and O–H groups in total. The van der Waals surface area contributed by atoms with E-state index in [0.717, 1.165) is 17.7 Å². The molecular formula is C10H12BrNO. The summed E-state index contributed by atoms with van der Waals surface area (Å²) < 4.78 is 6.40. The summed E-state index contributed by atoms with van der Waals surface area (Å²) in [5, 5.41) is 3.32. The Morgan fingerprint density at radius 3 is 2.54 bits per heavy atom. The predicted octanol–water partition coefficient (Wildman–Crippen LogP) is 1.89. The third-order valence-electron chi connectivity index (χ3n) is 2.56. The molecule has 0 aliphatic carbocycles. The second kappa shape index (κ2) is 3.40. The summed E-state index contributed by atoms with van der Waals surface area (Å²) in [6.45, 7) is 1.51. The molecule has 0 atom stereocenters. The van der Waals surface area contributed by atoms with Crippen LogP contribution in [0.2, 0.25) is 0 Å². The van der Waals surface area contributed by atoms with Gasteiger partial charge in [0.1, 0.15) is 0 Å². The van der Waals surface area contributed by atoms with Crippen LogP contribution in [0.15, 0.2) is 28.7 Å². The van der Waals surface area contributed by atoms with Crippen LogP contribution in [0.4, 0.5) is 0 Å². The van der Waals surface area contributed by atoms with E-state index < -0.39 is 0 Å². The highest BCUT2D eigenvalue weighted by molar-refractivity contribution is 9.10. The Kier molecular flexibility index (Phi) is 2.41. The van der Waals surface area contributed by atoms with Gasteiger partial charge < -0.3 is 10.1 Å².